The lowest BCUT2D eigenvalue weighted by Gasteiger charge is -2.47. The summed E-state index contributed by atoms with van der Waals surface area (Å²) < 4.78 is 25.3. The highest BCUT2D eigenvalue weighted by atomic mass is 31.1. The van der Waals surface area contributed by atoms with E-state index in [9.17, 15) is 14.6 Å². The van der Waals surface area contributed by atoms with Crippen molar-refractivity contribution < 1.29 is 28.8 Å². The molecule has 0 aromatic carbocycles. The van der Waals surface area contributed by atoms with Crippen molar-refractivity contribution in [3.05, 3.63) is 0 Å². The Hall–Kier alpha value is -0.100. The summed E-state index contributed by atoms with van der Waals surface area (Å²) in [6, 6.07) is 0. The minimum absolute atomic E-state index is 0.0858. The fourth-order valence-corrected chi connectivity index (χ4v) is 1.88. The van der Waals surface area contributed by atoms with Crippen LogP contribution >= 0.6 is 8.03 Å². The first kappa shape index (κ1) is 9.45. The van der Waals surface area contributed by atoms with Gasteiger partial charge in [0, 0.05) is 0 Å². The molecule has 1 N–H and O–H groups in total. The molecule has 0 radical (unpaired) electrons. The van der Waals surface area contributed by atoms with Crippen LogP contribution in [0.2, 0.25) is 0 Å². The van der Waals surface area contributed by atoms with Gasteiger partial charge in [0.15, 0.2) is 0 Å². The van der Waals surface area contributed by atoms with Gasteiger partial charge in [-0.05, 0) is 6.92 Å². The molecule has 2 bridgehead atoms. The van der Waals surface area contributed by atoms with Crippen LogP contribution in [0.3, 0.4) is 0 Å². The number of rotatable bonds is 1. The third-order valence-electron chi connectivity index (χ3n) is 2.32. The SMILES string of the molecule is CC1OC2([P+](=O)[O-])OCC1(O)CO2. The summed E-state index contributed by atoms with van der Waals surface area (Å²) in [5, 5.41) is 9.71. The van der Waals surface area contributed by atoms with Crippen molar-refractivity contribution in [2.24, 2.45) is 0 Å². The molecule has 0 spiro atoms. The van der Waals surface area contributed by atoms with E-state index in [4.69, 9.17) is 14.2 Å². The molecule has 2 unspecified atom stereocenters. The minimum atomic E-state index is -2.99. The van der Waals surface area contributed by atoms with E-state index in [0.717, 1.165) is 0 Å². The van der Waals surface area contributed by atoms with Crippen molar-refractivity contribution in [3.8, 4) is 0 Å². The Morgan fingerprint density at radius 3 is 2.46 bits per heavy atom. The van der Waals surface area contributed by atoms with Crippen LogP contribution in [0.4, 0.5) is 0 Å². The van der Waals surface area contributed by atoms with Gasteiger partial charge in [-0.25, -0.2) is 0 Å². The Morgan fingerprint density at radius 1 is 1.54 bits per heavy atom. The summed E-state index contributed by atoms with van der Waals surface area (Å²) in [6.45, 7) is 1.41. The van der Waals surface area contributed by atoms with E-state index in [1.807, 2.05) is 0 Å². The molecule has 3 aliphatic rings. The van der Waals surface area contributed by atoms with Gasteiger partial charge < -0.3 is 10.00 Å². The topological polar surface area (TPSA) is 88.1 Å². The van der Waals surface area contributed by atoms with Crippen LogP contribution in [0.25, 0.3) is 0 Å². The Morgan fingerprint density at radius 2 is 2.08 bits per heavy atom. The Balaban J connectivity index is 2.26. The third-order valence-corrected chi connectivity index (χ3v) is 3.13. The van der Waals surface area contributed by atoms with E-state index in [-0.39, 0.29) is 13.2 Å². The Bertz CT molecular complexity index is 246. The lowest BCUT2D eigenvalue weighted by atomic mass is 9.98. The molecule has 0 amide bonds. The molecule has 0 aromatic rings. The molecule has 74 valence electrons. The minimum Gasteiger partial charge on any atom is -0.589 e. The second-order valence-electron chi connectivity index (χ2n) is 3.22. The maximum atomic E-state index is 10.8. The fraction of sp³-hybridized carbons (Fsp3) is 1.00. The summed E-state index contributed by atoms with van der Waals surface area (Å²) in [5.74, 6) is 0. The van der Waals surface area contributed by atoms with E-state index < -0.39 is 25.4 Å². The zero-order valence-corrected chi connectivity index (χ0v) is 7.82. The van der Waals surface area contributed by atoms with Gasteiger partial charge in [0.1, 0.15) is 5.60 Å². The standard InChI is InChI=1S/C6H9O6P/c1-4-5(7)2-10-6(12-4,11-3-5)13(8)9/h4,7H,2-3H2,1H3. The molecule has 3 fully saturated rings. The largest absolute Gasteiger partial charge is 0.589 e. The van der Waals surface area contributed by atoms with E-state index in [1.54, 1.807) is 6.92 Å². The van der Waals surface area contributed by atoms with Gasteiger partial charge >= 0.3 is 13.7 Å². The zero-order valence-electron chi connectivity index (χ0n) is 6.93. The molecule has 0 aliphatic carbocycles. The molecule has 3 rings (SSSR count). The van der Waals surface area contributed by atoms with Crippen LogP contribution in [-0.4, -0.2) is 35.7 Å². The van der Waals surface area contributed by atoms with Crippen LogP contribution in [-0.2, 0) is 18.8 Å². The van der Waals surface area contributed by atoms with E-state index in [0.29, 0.717) is 0 Å². The first-order valence-electron chi connectivity index (χ1n) is 3.81. The van der Waals surface area contributed by atoms with Gasteiger partial charge in [-0.1, -0.05) is 4.57 Å². The normalized spacial score (nSPS) is 50.7. The Kier molecular flexibility index (Phi) is 1.96. The molecular weight excluding hydrogens is 199 g/mol. The van der Waals surface area contributed by atoms with Gasteiger partial charge in [0.25, 0.3) is 0 Å². The highest BCUT2D eigenvalue weighted by Gasteiger charge is 2.64. The quantitative estimate of drug-likeness (QED) is 0.550. The van der Waals surface area contributed by atoms with E-state index >= 15 is 0 Å². The van der Waals surface area contributed by atoms with Gasteiger partial charge in [-0.2, -0.15) is 0 Å². The van der Waals surface area contributed by atoms with Gasteiger partial charge in [-0.3, -0.25) is 14.2 Å². The van der Waals surface area contributed by atoms with Crippen molar-refractivity contribution >= 4 is 8.03 Å². The lowest BCUT2D eigenvalue weighted by Crippen LogP contribution is -2.67. The molecule has 3 heterocycles. The van der Waals surface area contributed by atoms with Crippen LogP contribution < -0.4 is 4.89 Å². The monoisotopic (exact) mass is 208 g/mol. The highest BCUT2D eigenvalue weighted by Crippen LogP contribution is 2.47. The lowest BCUT2D eigenvalue weighted by molar-refractivity contribution is -0.462. The maximum Gasteiger partial charge on any atom is 0.496 e. The summed E-state index contributed by atoms with van der Waals surface area (Å²) in [4.78, 5) is 10.8. The van der Waals surface area contributed by atoms with Crippen molar-refractivity contribution in [1.29, 1.82) is 0 Å². The molecular formula is C6H9O6P. The molecule has 13 heavy (non-hydrogen) atoms. The average molecular weight is 208 g/mol. The number of fused-ring (bicyclic) bond motifs is 3. The van der Waals surface area contributed by atoms with Crippen LogP contribution in [0.1, 0.15) is 6.92 Å². The first-order valence-corrected chi connectivity index (χ1v) is 4.99. The summed E-state index contributed by atoms with van der Waals surface area (Å²) in [7, 11) is -2.99. The van der Waals surface area contributed by atoms with Crippen molar-refractivity contribution in [3.63, 3.8) is 0 Å². The predicted octanol–water partition coefficient (Wildman–Crippen LogP) is -1.10. The van der Waals surface area contributed by atoms with Gasteiger partial charge in [0.2, 0.25) is 0 Å². The number of ether oxygens (including phenoxy) is 3. The van der Waals surface area contributed by atoms with Gasteiger partial charge in [0.05, 0.1) is 19.3 Å². The Labute approximate surface area is 75.3 Å². The summed E-state index contributed by atoms with van der Waals surface area (Å²) >= 11 is 0. The molecule has 2 atom stereocenters. The molecule has 6 nitrogen and oxygen atoms in total. The summed E-state index contributed by atoms with van der Waals surface area (Å²) in [6.07, 6.45) is -0.608. The predicted molar refractivity (Wildman–Crippen MR) is 37.7 cm³/mol. The smallest absolute Gasteiger partial charge is 0.496 e. The number of hydrogen-bond acceptors (Lipinski definition) is 6. The van der Waals surface area contributed by atoms with Crippen molar-refractivity contribution in [2.45, 2.75) is 24.3 Å². The number of aliphatic hydroxyl groups is 1. The first-order chi connectivity index (χ1) is 5.99. The molecule has 0 aromatic heterocycles. The molecule has 3 aliphatic heterocycles. The average Bonchev–Trinajstić information content (AvgIpc) is 2.08. The van der Waals surface area contributed by atoms with Crippen LogP contribution in [0.15, 0.2) is 0 Å². The van der Waals surface area contributed by atoms with Crippen molar-refractivity contribution in [1.82, 2.24) is 0 Å². The molecule has 3 saturated heterocycles. The second kappa shape index (κ2) is 2.70. The number of hydrogen-bond donors (Lipinski definition) is 1. The van der Waals surface area contributed by atoms with Crippen LogP contribution in [0.5, 0.6) is 0 Å². The van der Waals surface area contributed by atoms with Crippen molar-refractivity contribution in [2.75, 3.05) is 13.2 Å². The van der Waals surface area contributed by atoms with Gasteiger partial charge in [-0.15, -0.1) is 0 Å². The van der Waals surface area contributed by atoms with E-state index in [2.05, 4.69) is 0 Å². The maximum absolute atomic E-state index is 10.8. The third kappa shape index (κ3) is 1.22. The fourth-order valence-electron chi connectivity index (χ4n) is 1.30. The van der Waals surface area contributed by atoms with E-state index in [1.165, 1.54) is 0 Å². The van der Waals surface area contributed by atoms with Crippen LogP contribution in [0, 0.1) is 0 Å². The molecule has 7 heteroatoms. The summed E-state index contributed by atoms with van der Waals surface area (Å²) in [5.41, 5.74) is -3.20. The molecule has 0 saturated carbocycles. The zero-order chi connectivity index (χ0) is 9.69. The highest BCUT2D eigenvalue weighted by molar-refractivity contribution is 7.37. The second-order valence-corrected chi connectivity index (χ2v) is 4.28.